The van der Waals surface area contributed by atoms with Gasteiger partial charge < -0.3 is 5.32 Å². The van der Waals surface area contributed by atoms with E-state index in [1.165, 1.54) is 18.2 Å². The van der Waals surface area contributed by atoms with Crippen molar-refractivity contribution in [2.45, 2.75) is 19.1 Å². The van der Waals surface area contributed by atoms with E-state index in [1.807, 2.05) is 11.8 Å². The fraction of sp³-hybridized carbons (Fsp3) is 0.538. The Bertz CT molecular complexity index is 386. The van der Waals surface area contributed by atoms with Gasteiger partial charge in [-0.05, 0) is 42.0 Å². The Balaban J connectivity index is 1.92. The summed E-state index contributed by atoms with van der Waals surface area (Å²) in [5, 5.41) is 3.14. The van der Waals surface area contributed by atoms with E-state index in [-0.39, 0.29) is 6.54 Å². The molecule has 0 radical (unpaired) electrons. The van der Waals surface area contributed by atoms with Gasteiger partial charge in [-0.2, -0.15) is 24.9 Å². The first kappa shape index (κ1) is 13.7. The zero-order valence-corrected chi connectivity index (χ0v) is 10.8. The van der Waals surface area contributed by atoms with Crippen LogP contribution in [0.25, 0.3) is 0 Å². The minimum atomic E-state index is -4.26. The lowest BCUT2D eigenvalue weighted by Gasteiger charge is -2.14. The zero-order chi connectivity index (χ0) is 13.0. The van der Waals surface area contributed by atoms with Gasteiger partial charge in [0.25, 0.3) is 0 Å². The van der Waals surface area contributed by atoms with E-state index in [9.17, 15) is 13.2 Å². The fourth-order valence-electron chi connectivity index (χ4n) is 2.11. The van der Waals surface area contributed by atoms with Crippen LogP contribution in [0.1, 0.15) is 17.5 Å². The van der Waals surface area contributed by atoms with Crippen LogP contribution >= 0.6 is 11.8 Å². The molecule has 0 spiro atoms. The summed E-state index contributed by atoms with van der Waals surface area (Å²) in [6, 6.07) is 5.76. The number of thioether (sulfide) groups is 1. The van der Waals surface area contributed by atoms with Crippen molar-refractivity contribution in [3.05, 3.63) is 35.4 Å². The molecule has 0 saturated carbocycles. The minimum absolute atomic E-state index is 0.289. The highest BCUT2D eigenvalue weighted by molar-refractivity contribution is 7.99. The average Bonchev–Trinajstić information content (AvgIpc) is 2.81. The van der Waals surface area contributed by atoms with Gasteiger partial charge in [0, 0.05) is 6.54 Å². The van der Waals surface area contributed by atoms with Crippen molar-refractivity contribution in [2.24, 2.45) is 5.92 Å². The number of benzene rings is 1. The molecule has 1 fully saturated rings. The van der Waals surface area contributed by atoms with Crippen LogP contribution in [0.15, 0.2) is 24.3 Å². The molecule has 1 N–H and O–H groups in total. The Kier molecular flexibility index (Phi) is 4.56. The van der Waals surface area contributed by atoms with Crippen molar-refractivity contribution in [1.82, 2.24) is 5.32 Å². The van der Waals surface area contributed by atoms with E-state index in [1.54, 1.807) is 12.1 Å². The summed E-state index contributed by atoms with van der Waals surface area (Å²) in [6.45, 7) is 1.09. The van der Waals surface area contributed by atoms with Crippen LogP contribution in [0.3, 0.4) is 0 Å². The minimum Gasteiger partial charge on any atom is -0.312 e. The average molecular weight is 275 g/mol. The van der Waals surface area contributed by atoms with Gasteiger partial charge in [0.05, 0.1) is 5.56 Å². The highest BCUT2D eigenvalue weighted by Gasteiger charge is 2.32. The summed E-state index contributed by atoms with van der Waals surface area (Å²) in [6.07, 6.45) is -3.10. The molecule has 1 aromatic carbocycles. The van der Waals surface area contributed by atoms with Crippen molar-refractivity contribution in [2.75, 3.05) is 18.1 Å². The lowest BCUT2D eigenvalue weighted by Crippen LogP contribution is -2.23. The van der Waals surface area contributed by atoms with Gasteiger partial charge in [-0.1, -0.05) is 18.2 Å². The van der Waals surface area contributed by atoms with Crippen molar-refractivity contribution in [3.8, 4) is 0 Å². The largest absolute Gasteiger partial charge is 0.416 e. The normalized spacial score (nSPS) is 20.3. The third kappa shape index (κ3) is 3.65. The first-order valence-electron chi connectivity index (χ1n) is 6.01. The molecule has 1 aliphatic heterocycles. The van der Waals surface area contributed by atoms with Crippen LogP contribution in [-0.2, 0) is 12.7 Å². The predicted molar refractivity (Wildman–Crippen MR) is 68.6 cm³/mol. The number of hydrogen-bond donors (Lipinski definition) is 1. The first-order valence-corrected chi connectivity index (χ1v) is 7.16. The molecule has 100 valence electrons. The zero-order valence-electron chi connectivity index (χ0n) is 9.96. The van der Waals surface area contributed by atoms with Gasteiger partial charge in [-0.3, -0.25) is 0 Å². The van der Waals surface area contributed by atoms with Crippen LogP contribution in [0.4, 0.5) is 13.2 Å². The van der Waals surface area contributed by atoms with Crippen LogP contribution in [-0.4, -0.2) is 18.1 Å². The molecule has 1 nitrogen and oxygen atoms in total. The SMILES string of the molecule is FC(F)(F)c1ccccc1CNCC1CCSC1. The molecule has 1 unspecified atom stereocenters. The quantitative estimate of drug-likeness (QED) is 0.902. The van der Waals surface area contributed by atoms with Crippen LogP contribution in [0, 0.1) is 5.92 Å². The molecule has 5 heteroatoms. The third-order valence-electron chi connectivity index (χ3n) is 3.10. The smallest absolute Gasteiger partial charge is 0.312 e. The predicted octanol–water partition coefficient (Wildman–Crippen LogP) is 3.55. The van der Waals surface area contributed by atoms with E-state index < -0.39 is 11.7 Å². The van der Waals surface area contributed by atoms with E-state index in [2.05, 4.69) is 5.32 Å². The van der Waals surface area contributed by atoms with Crippen LogP contribution < -0.4 is 5.32 Å². The van der Waals surface area contributed by atoms with E-state index in [4.69, 9.17) is 0 Å². The molecule has 1 saturated heterocycles. The molecule has 1 atom stereocenters. The second kappa shape index (κ2) is 5.97. The Labute approximate surface area is 109 Å². The van der Waals surface area contributed by atoms with Gasteiger partial charge in [0.2, 0.25) is 0 Å². The third-order valence-corrected chi connectivity index (χ3v) is 4.33. The topological polar surface area (TPSA) is 12.0 Å². The van der Waals surface area contributed by atoms with Crippen molar-refractivity contribution in [3.63, 3.8) is 0 Å². The maximum atomic E-state index is 12.7. The highest BCUT2D eigenvalue weighted by Crippen LogP contribution is 2.31. The fourth-order valence-corrected chi connectivity index (χ4v) is 3.39. The van der Waals surface area contributed by atoms with Crippen LogP contribution in [0.2, 0.25) is 0 Å². The van der Waals surface area contributed by atoms with Crippen molar-refractivity contribution in [1.29, 1.82) is 0 Å². The number of hydrogen-bond acceptors (Lipinski definition) is 2. The molecule has 0 amide bonds. The molecule has 1 heterocycles. The van der Waals surface area contributed by atoms with Gasteiger partial charge in [-0.15, -0.1) is 0 Å². The Morgan fingerprint density at radius 2 is 2.06 bits per heavy atom. The number of alkyl halides is 3. The second-order valence-electron chi connectivity index (χ2n) is 4.52. The maximum absolute atomic E-state index is 12.7. The molecule has 0 bridgehead atoms. The molecule has 0 aliphatic carbocycles. The molecule has 2 rings (SSSR count). The van der Waals surface area contributed by atoms with E-state index >= 15 is 0 Å². The van der Waals surface area contributed by atoms with E-state index in [0.717, 1.165) is 18.4 Å². The van der Waals surface area contributed by atoms with Gasteiger partial charge in [-0.25, -0.2) is 0 Å². The number of nitrogens with one attached hydrogen (secondary N) is 1. The molecule has 18 heavy (non-hydrogen) atoms. The van der Waals surface area contributed by atoms with E-state index in [0.29, 0.717) is 11.5 Å². The summed E-state index contributed by atoms with van der Waals surface area (Å²) in [5.41, 5.74) is -0.200. The summed E-state index contributed by atoms with van der Waals surface area (Å²) < 4.78 is 38.2. The van der Waals surface area contributed by atoms with Crippen molar-refractivity contribution < 1.29 is 13.2 Å². The standard InChI is InChI=1S/C13H16F3NS/c14-13(15,16)12-4-2-1-3-11(12)8-17-7-10-5-6-18-9-10/h1-4,10,17H,5-9H2. The highest BCUT2D eigenvalue weighted by atomic mass is 32.2. The Morgan fingerprint density at radius 1 is 1.28 bits per heavy atom. The van der Waals surface area contributed by atoms with Gasteiger partial charge >= 0.3 is 6.18 Å². The summed E-state index contributed by atoms with van der Waals surface area (Å²) in [5.74, 6) is 2.90. The number of halogens is 3. The molecular weight excluding hydrogens is 259 g/mol. The lowest BCUT2D eigenvalue weighted by molar-refractivity contribution is -0.138. The molecule has 0 aromatic heterocycles. The Hall–Kier alpha value is -0.680. The molecular formula is C13H16F3NS. The monoisotopic (exact) mass is 275 g/mol. The van der Waals surface area contributed by atoms with Crippen molar-refractivity contribution >= 4 is 11.8 Å². The van der Waals surface area contributed by atoms with Gasteiger partial charge in [0.15, 0.2) is 0 Å². The van der Waals surface area contributed by atoms with Gasteiger partial charge in [0.1, 0.15) is 0 Å². The second-order valence-corrected chi connectivity index (χ2v) is 5.67. The van der Waals surface area contributed by atoms with Crippen LogP contribution in [0.5, 0.6) is 0 Å². The summed E-state index contributed by atoms with van der Waals surface area (Å²) in [4.78, 5) is 0. The Morgan fingerprint density at radius 3 is 2.72 bits per heavy atom. The maximum Gasteiger partial charge on any atom is 0.416 e. The molecule has 1 aliphatic rings. The summed E-state index contributed by atoms with van der Waals surface area (Å²) in [7, 11) is 0. The first-order chi connectivity index (χ1) is 8.57. The number of rotatable bonds is 4. The lowest BCUT2D eigenvalue weighted by atomic mass is 10.1. The summed E-state index contributed by atoms with van der Waals surface area (Å²) >= 11 is 1.92. The molecule has 1 aromatic rings.